The Labute approximate surface area is 143 Å². The Morgan fingerprint density at radius 1 is 1.35 bits per heavy atom. The predicted octanol–water partition coefficient (Wildman–Crippen LogP) is 4.40. The van der Waals surface area contributed by atoms with Crippen LogP contribution in [0.1, 0.15) is 10.5 Å². The number of halogens is 1. The summed E-state index contributed by atoms with van der Waals surface area (Å²) >= 11 is 7.49. The highest BCUT2D eigenvalue weighted by Gasteiger charge is 2.26. The maximum atomic E-state index is 12.8. The van der Waals surface area contributed by atoms with Crippen LogP contribution in [0.3, 0.4) is 0 Å². The quantitative estimate of drug-likeness (QED) is 0.549. The largest absolute Gasteiger partial charge is 0.362 e. The molecule has 0 aliphatic heterocycles. The summed E-state index contributed by atoms with van der Waals surface area (Å²) < 4.78 is 5.27. The molecule has 23 heavy (non-hydrogen) atoms. The number of benzene rings is 1. The lowest BCUT2D eigenvalue weighted by atomic mass is 10.0. The fourth-order valence-electron chi connectivity index (χ4n) is 2.55. The summed E-state index contributed by atoms with van der Waals surface area (Å²) in [7, 11) is 1.53. The Balaban J connectivity index is 2.27. The summed E-state index contributed by atoms with van der Waals surface area (Å²) in [4.78, 5) is 20.4. The average molecular weight is 347 g/mol. The number of thioether (sulfide) groups is 1. The van der Waals surface area contributed by atoms with Crippen molar-refractivity contribution in [2.24, 2.45) is 0 Å². The Hall–Kier alpha value is -1.82. The first kappa shape index (κ1) is 16.1. The standard InChI is InChI=1S/C17H15ClN2O2S/c1-22-17(23-2)16(21)15-14(13-5-3-4-8-19-13)11-9-10(18)6-7-12(11)20-15/h3-9,17,20H,1-2H3. The molecule has 1 aromatic carbocycles. The van der Waals surface area contributed by atoms with Crippen LogP contribution < -0.4 is 0 Å². The smallest absolute Gasteiger partial charge is 0.218 e. The van der Waals surface area contributed by atoms with E-state index in [1.54, 1.807) is 12.3 Å². The Kier molecular flexibility index (Phi) is 4.71. The number of rotatable bonds is 5. The number of hydrogen-bond donors (Lipinski definition) is 1. The highest BCUT2D eigenvalue weighted by molar-refractivity contribution is 7.99. The molecule has 0 saturated carbocycles. The van der Waals surface area contributed by atoms with E-state index in [-0.39, 0.29) is 5.78 Å². The number of aromatic nitrogens is 2. The first-order valence-electron chi connectivity index (χ1n) is 6.98. The van der Waals surface area contributed by atoms with Gasteiger partial charge in [-0.05, 0) is 36.6 Å². The molecule has 0 radical (unpaired) electrons. The third-order valence-electron chi connectivity index (χ3n) is 3.57. The lowest BCUT2D eigenvalue weighted by Gasteiger charge is -2.11. The van der Waals surface area contributed by atoms with Crippen LogP contribution >= 0.6 is 23.4 Å². The number of H-pyrrole nitrogens is 1. The minimum absolute atomic E-state index is 0.118. The van der Waals surface area contributed by atoms with Crippen LogP contribution in [0.2, 0.25) is 5.02 Å². The van der Waals surface area contributed by atoms with Crippen LogP contribution in [-0.2, 0) is 4.74 Å². The summed E-state index contributed by atoms with van der Waals surface area (Å²) in [5.74, 6) is -0.118. The third-order valence-corrected chi connectivity index (χ3v) is 4.64. The number of carbonyl (C=O) groups excluding carboxylic acids is 1. The number of ketones is 1. The van der Waals surface area contributed by atoms with Crippen molar-refractivity contribution in [2.75, 3.05) is 13.4 Å². The highest BCUT2D eigenvalue weighted by atomic mass is 35.5. The summed E-state index contributed by atoms with van der Waals surface area (Å²) in [6.07, 6.45) is 3.54. The lowest BCUT2D eigenvalue weighted by molar-refractivity contribution is 0.0791. The van der Waals surface area contributed by atoms with Crippen molar-refractivity contribution < 1.29 is 9.53 Å². The monoisotopic (exact) mass is 346 g/mol. The van der Waals surface area contributed by atoms with Crippen molar-refractivity contribution in [1.29, 1.82) is 0 Å². The first-order valence-corrected chi connectivity index (χ1v) is 8.64. The molecule has 0 aliphatic rings. The van der Waals surface area contributed by atoms with E-state index in [2.05, 4.69) is 9.97 Å². The van der Waals surface area contributed by atoms with E-state index < -0.39 is 5.44 Å². The van der Waals surface area contributed by atoms with E-state index in [0.29, 0.717) is 10.7 Å². The van der Waals surface area contributed by atoms with Gasteiger partial charge in [0.05, 0.1) is 11.4 Å². The van der Waals surface area contributed by atoms with Gasteiger partial charge in [0.15, 0.2) is 5.44 Å². The van der Waals surface area contributed by atoms with E-state index in [1.807, 2.05) is 36.6 Å². The van der Waals surface area contributed by atoms with Gasteiger partial charge in [-0.15, -0.1) is 11.8 Å². The van der Waals surface area contributed by atoms with Crippen molar-refractivity contribution in [1.82, 2.24) is 9.97 Å². The van der Waals surface area contributed by atoms with Gasteiger partial charge in [-0.3, -0.25) is 9.78 Å². The number of hydrogen-bond acceptors (Lipinski definition) is 4. The minimum atomic E-state index is -0.569. The van der Waals surface area contributed by atoms with Crippen LogP contribution in [0.15, 0.2) is 42.6 Å². The highest BCUT2D eigenvalue weighted by Crippen LogP contribution is 2.34. The third kappa shape index (κ3) is 3.00. The van der Waals surface area contributed by atoms with Gasteiger partial charge in [0.25, 0.3) is 0 Å². The topological polar surface area (TPSA) is 55.0 Å². The number of nitrogens with zero attached hydrogens (tertiary/aromatic N) is 1. The Morgan fingerprint density at radius 2 is 2.17 bits per heavy atom. The van der Waals surface area contributed by atoms with Gasteiger partial charge in [0, 0.05) is 34.8 Å². The molecular formula is C17H15ClN2O2S. The molecule has 1 unspecified atom stereocenters. The number of methoxy groups -OCH3 is 1. The zero-order chi connectivity index (χ0) is 16.4. The van der Waals surface area contributed by atoms with Crippen molar-refractivity contribution >= 4 is 40.0 Å². The number of aromatic amines is 1. The second-order valence-electron chi connectivity index (χ2n) is 4.95. The Morgan fingerprint density at radius 3 is 2.83 bits per heavy atom. The molecule has 4 nitrogen and oxygen atoms in total. The lowest BCUT2D eigenvalue weighted by Crippen LogP contribution is -2.20. The van der Waals surface area contributed by atoms with Crippen LogP contribution in [-0.4, -0.2) is 34.6 Å². The number of Topliss-reactive ketones (excluding diaryl/α,β-unsaturated/α-hetero) is 1. The van der Waals surface area contributed by atoms with Crippen LogP contribution in [0.25, 0.3) is 22.2 Å². The Bertz CT molecular complexity index is 844. The molecule has 2 aromatic heterocycles. The molecule has 0 aliphatic carbocycles. The SMILES string of the molecule is COC(SC)C(=O)c1[nH]c2ccc(Cl)cc2c1-c1ccccn1. The molecule has 1 atom stereocenters. The molecule has 0 bridgehead atoms. The average Bonchev–Trinajstić information content (AvgIpc) is 2.95. The number of fused-ring (bicyclic) bond motifs is 1. The molecular weight excluding hydrogens is 332 g/mol. The molecule has 2 heterocycles. The summed E-state index contributed by atoms with van der Waals surface area (Å²) in [6.45, 7) is 0. The predicted molar refractivity (Wildman–Crippen MR) is 95.2 cm³/mol. The van der Waals surface area contributed by atoms with Crippen molar-refractivity contribution in [3.63, 3.8) is 0 Å². The van der Waals surface area contributed by atoms with E-state index in [9.17, 15) is 4.79 Å². The van der Waals surface area contributed by atoms with Gasteiger partial charge in [0.2, 0.25) is 5.78 Å². The molecule has 3 aromatic rings. The molecule has 0 spiro atoms. The van der Waals surface area contributed by atoms with E-state index in [0.717, 1.165) is 22.2 Å². The first-order chi connectivity index (χ1) is 11.2. The maximum Gasteiger partial charge on any atom is 0.218 e. The second-order valence-corrected chi connectivity index (χ2v) is 6.28. The summed E-state index contributed by atoms with van der Waals surface area (Å²) in [6, 6.07) is 11.1. The zero-order valence-corrected chi connectivity index (χ0v) is 14.2. The molecule has 0 amide bonds. The van der Waals surface area contributed by atoms with Crippen LogP contribution in [0, 0.1) is 0 Å². The zero-order valence-electron chi connectivity index (χ0n) is 12.7. The normalized spacial score (nSPS) is 12.5. The molecule has 1 N–H and O–H groups in total. The van der Waals surface area contributed by atoms with Gasteiger partial charge in [-0.2, -0.15) is 0 Å². The van der Waals surface area contributed by atoms with Crippen molar-refractivity contribution in [2.45, 2.75) is 5.44 Å². The number of carbonyl (C=O) groups is 1. The van der Waals surface area contributed by atoms with Gasteiger partial charge >= 0.3 is 0 Å². The van der Waals surface area contributed by atoms with E-state index in [1.165, 1.54) is 18.9 Å². The minimum Gasteiger partial charge on any atom is -0.362 e. The van der Waals surface area contributed by atoms with Gasteiger partial charge in [-0.25, -0.2) is 0 Å². The fourth-order valence-corrected chi connectivity index (χ4v) is 3.25. The summed E-state index contributed by atoms with van der Waals surface area (Å²) in [5, 5.41) is 1.48. The van der Waals surface area contributed by atoms with Gasteiger partial charge < -0.3 is 9.72 Å². The van der Waals surface area contributed by atoms with Crippen molar-refractivity contribution in [3.05, 3.63) is 53.3 Å². The number of nitrogens with one attached hydrogen (secondary N) is 1. The summed E-state index contributed by atoms with van der Waals surface area (Å²) in [5.41, 5.74) is 2.24. The number of ether oxygens (including phenoxy) is 1. The molecule has 0 saturated heterocycles. The molecule has 3 rings (SSSR count). The van der Waals surface area contributed by atoms with Crippen LogP contribution in [0.4, 0.5) is 0 Å². The van der Waals surface area contributed by atoms with Crippen LogP contribution in [0.5, 0.6) is 0 Å². The van der Waals surface area contributed by atoms with Gasteiger partial charge in [-0.1, -0.05) is 17.7 Å². The maximum absolute atomic E-state index is 12.8. The fraction of sp³-hybridized carbons (Fsp3) is 0.176. The van der Waals surface area contributed by atoms with E-state index >= 15 is 0 Å². The second kappa shape index (κ2) is 6.74. The number of pyridine rings is 1. The van der Waals surface area contributed by atoms with Gasteiger partial charge in [0.1, 0.15) is 0 Å². The molecule has 6 heteroatoms. The molecule has 0 fully saturated rings. The van der Waals surface area contributed by atoms with Crippen molar-refractivity contribution in [3.8, 4) is 11.3 Å². The molecule has 118 valence electrons. The van der Waals surface area contributed by atoms with E-state index in [4.69, 9.17) is 16.3 Å².